The van der Waals surface area contributed by atoms with Crippen LogP contribution >= 0.6 is 0 Å². The molecular weight excluding hydrogens is 314 g/mol. The lowest BCUT2D eigenvalue weighted by Gasteiger charge is -2.06. The second kappa shape index (κ2) is 7.66. The highest BCUT2D eigenvalue weighted by atomic mass is 32.2. The number of benzene rings is 1. The molecule has 0 unspecified atom stereocenters. The number of hydrogen-bond donors (Lipinski definition) is 2. The molecule has 0 saturated heterocycles. The first-order chi connectivity index (χ1) is 11.0. The molecule has 2 rings (SSSR count). The number of rotatable bonds is 6. The molecule has 0 saturated carbocycles. The van der Waals surface area contributed by atoms with Gasteiger partial charge in [0.05, 0.1) is 17.1 Å². The Bertz CT molecular complexity index is 785. The van der Waals surface area contributed by atoms with Crippen molar-refractivity contribution in [3.63, 3.8) is 0 Å². The monoisotopic (exact) mass is 331 g/mol. The lowest BCUT2D eigenvalue weighted by molar-refractivity contribution is -0.115. The number of carbonyl (C=O) groups is 1. The standard InChI is InChI=1S/C16H17N3O3S/c1-17-16(20)10-7-13-5-8-15(9-6-13)23(21,22)19-12-14-4-2-3-11-18-14/h2-11,19H,12H2,1H3,(H,17,20)/b10-7+. The van der Waals surface area contributed by atoms with Crippen molar-refractivity contribution < 1.29 is 13.2 Å². The molecule has 1 heterocycles. The van der Waals surface area contributed by atoms with Gasteiger partial charge in [0.25, 0.3) is 0 Å². The molecule has 1 amide bonds. The van der Waals surface area contributed by atoms with E-state index in [4.69, 9.17) is 0 Å². The first-order valence-corrected chi connectivity index (χ1v) is 8.39. The molecule has 2 N–H and O–H groups in total. The fraction of sp³-hybridized carbons (Fsp3) is 0.125. The van der Waals surface area contributed by atoms with Crippen molar-refractivity contribution in [1.82, 2.24) is 15.0 Å². The quantitative estimate of drug-likeness (QED) is 0.782. The number of nitrogens with zero attached hydrogens (tertiary/aromatic N) is 1. The largest absolute Gasteiger partial charge is 0.356 e. The summed E-state index contributed by atoms with van der Waals surface area (Å²) in [5.74, 6) is -0.223. The highest BCUT2D eigenvalue weighted by molar-refractivity contribution is 7.89. The molecule has 0 atom stereocenters. The Morgan fingerprint density at radius 3 is 2.52 bits per heavy atom. The second-order valence-electron chi connectivity index (χ2n) is 4.66. The Labute approximate surface area is 135 Å². The van der Waals surface area contributed by atoms with Crippen LogP contribution in [0, 0.1) is 0 Å². The molecule has 0 aliphatic heterocycles. The Hall–Kier alpha value is -2.51. The van der Waals surface area contributed by atoms with E-state index < -0.39 is 10.0 Å². The maximum absolute atomic E-state index is 12.2. The van der Waals surface area contributed by atoms with E-state index in [1.165, 1.54) is 25.3 Å². The molecule has 1 aromatic carbocycles. The van der Waals surface area contributed by atoms with Gasteiger partial charge in [-0.05, 0) is 35.9 Å². The molecule has 120 valence electrons. The van der Waals surface area contributed by atoms with Gasteiger partial charge >= 0.3 is 0 Å². The minimum absolute atomic E-state index is 0.126. The van der Waals surface area contributed by atoms with E-state index in [0.29, 0.717) is 5.69 Å². The van der Waals surface area contributed by atoms with Crippen LogP contribution in [0.3, 0.4) is 0 Å². The third kappa shape index (κ3) is 5.01. The van der Waals surface area contributed by atoms with Crippen LogP contribution in [0.1, 0.15) is 11.3 Å². The van der Waals surface area contributed by atoms with Gasteiger partial charge in [0.1, 0.15) is 0 Å². The molecular formula is C16H17N3O3S. The number of amides is 1. The van der Waals surface area contributed by atoms with Crippen molar-refractivity contribution in [1.29, 1.82) is 0 Å². The maximum atomic E-state index is 12.2. The van der Waals surface area contributed by atoms with E-state index in [2.05, 4.69) is 15.0 Å². The van der Waals surface area contributed by atoms with Crippen LogP contribution in [0.2, 0.25) is 0 Å². The SMILES string of the molecule is CNC(=O)/C=C/c1ccc(S(=O)(=O)NCc2ccccn2)cc1. The Morgan fingerprint density at radius 1 is 1.17 bits per heavy atom. The van der Waals surface area contributed by atoms with E-state index in [1.807, 2.05) is 0 Å². The summed E-state index contributed by atoms with van der Waals surface area (Å²) in [5, 5.41) is 2.47. The minimum atomic E-state index is -3.60. The summed E-state index contributed by atoms with van der Waals surface area (Å²) >= 11 is 0. The number of pyridine rings is 1. The summed E-state index contributed by atoms with van der Waals surface area (Å²) in [4.78, 5) is 15.3. The van der Waals surface area contributed by atoms with Crippen LogP contribution in [0.5, 0.6) is 0 Å². The van der Waals surface area contributed by atoms with Crippen LogP contribution in [0.15, 0.2) is 59.6 Å². The maximum Gasteiger partial charge on any atom is 0.243 e. The van der Waals surface area contributed by atoms with Crippen molar-refractivity contribution in [3.05, 3.63) is 66.0 Å². The number of aromatic nitrogens is 1. The smallest absolute Gasteiger partial charge is 0.243 e. The van der Waals surface area contributed by atoms with Crippen molar-refractivity contribution in [3.8, 4) is 0 Å². The van der Waals surface area contributed by atoms with Gasteiger partial charge in [0, 0.05) is 19.3 Å². The summed E-state index contributed by atoms with van der Waals surface area (Å²) in [6.45, 7) is 0.126. The third-order valence-corrected chi connectivity index (χ3v) is 4.45. The topological polar surface area (TPSA) is 88.2 Å². The lowest BCUT2D eigenvalue weighted by atomic mass is 10.2. The van der Waals surface area contributed by atoms with E-state index in [-0.39, 0.29) is 17.3 Å². The van der Waals surface area contributed by atoms with Gasteiger partial charge in [0.2, 0.25) is 15.9 Å². The van der Waals surface area contributed by atoms with E-state index in [1.54, 1.807) is 42.6 Å². The van der Waals surface area contributed by atoms with Crippen molar-refractivity contribution in [2.45, 2.75) is 11.4 Å². The number of carbonyl (C=O) groups excluding carboxylic acids is 1. The zero-order valence-electron chi connectivity index (χ0n) is 12.6. The normalized spacial score (nSPS) is 11.5. The summed E-state index contributed by atoms with van der Waals surface area (Å²) in [7, 11) is -2.07. The molecule has 6 nitrogen and oxygen atoms in total. The number of sulfonamides is 1. The number of likely N-dealkylation sites (N-methyl/N-ethyl adjacent to an activating group) is 1. The van der Waals surface area contributed by atoms with Gasteiger partial charge in [-0.1, -0.05) is 18.2 Å². The molecule has 0 aliphatic carbocycles. The summed E-state index contributed by atoms with van der Waals surface area (Å²) < 4.78 is 26.9. The Morgan fingerprint density at radius 2 is 1.91 bits per heavy atom. The van der Waals surface area contributed by atoms with Gasteiger partial charge in [-0.25, -0.2) is 13.1 Å². The van der Waals surface area contributed by atoms with Crippen LogP contribution in [0.25, 0.3) is 6.08 Å². The average molecular weight is 331 g/mol. The zero-order chi connectivity index (χ0) is 16.7. The summed E-state index contributed by atoms with van der Waals surface area (Å²) in [5.41, 5.74) is 1.37. The zero-order valence-corrected chi connectivity index (χ0v) is 13.4. The third-order valence-electron chi connectivity index (χ3n) is 3.03. The van der Waals surface area contributed by atoms with Crippen molar-refractivity contribution >= 4 is 22.0 Å². The van der Waals surface area contributed by atoms with Gasteiger partial charge in [0.15, 0.2) is 0 Å². The molecule has 0 aliphatic rings. The average Bonchev–Trinajstić information content (AvgIpc) is 2.59. The Kier molecular flexibility index (Phi) is 5.61. The predicted octanol–water partition coefficient (Wildman–Crippen LogP) is 1.32. The highest BCUT2D eigenvalue weighted by Gasteiger charge is 2.13. The predicted molar refractivity (Wildman–Crippen MR) is 87.8 cm³/mol. The molecule has 1 aromatic heterocycles. The van der Waals surface area contributed by atoms with E-state index >= 15 is 0 Å². The highest BCUT2D eigenvalue weighted by Crippen LogP contribution is 2.12. The second-order valence-corrected chi connectivity index (χ2v) is 6.43. The summed E-state index contributed by atoms with van der Waals surface area (Å²) in [6.07, 6.45) is 4.59. The molecule has 7 heteroatoms. The van der Waals surface area contributed by atoms with Gasteiger partial charge < -0.3 is 5.32 Å². The van der Waals surface area contributed by atoms with Gasteiger partial charge in [-0.15, -0.1) is 0 Å². The fourth-order valence-corrected chi connectivity index (χ4v) is 2.77. The Balaban J connectivity index is 2.05. The number of hydrogen-bond acceptors (Lipinski definition) is 4. The van der Waals surface area contributed by atoms with Crippen LogP contribution in [0.4, 0.5) is 0 Å². The van der Waals surface area contributed by atoms with E-state index in [9.17, 15) is 13.2 Å². The number of nitrogens with one attached hydrogen (secondary N) is 2. The molecule has 0 spiro atoms. The van der Waals surface area contributed by atoms with Crippen LogP contribution in [-0.4, -0.2) is 26.4 Å². The molecule has 23 heavy (non-hydrogen) atoms. The lowest BCUT2D eigenvalue weighted by Crippen LogP contribution is -2.23. The summed E-state index contributed by atoms with van der Waals surface area (Å²) in [6, 6.07) is 11.6. The molecule has 2 aromatic rings. The van der Waals surface area contributed by atoms with Gasteiger partial charge in [-0.2, -0.15) is 0 Å². The minimum Gasteiger partial charge on any atom is -0.356 e. The molecule has 0 bridgehead atoms. The molecule has 0 fully saturated rings. The fourth-order valence-electron chi connectivity index (χ4n) is 1.77. The van der Waals surface area contributed by atoms with Gasteiger partial charge in [-0.3, -0.25) is 9.78 Å². The molecule has 0 radical (unpaired) electrons. The van der Waals surface area contributed by atoms with Crippen molar-refractivity contribution in [2.24, 2.45) is 0 Å². The van der Waals surface area contributed by atoms with Crippen LogP contribution < -0.4 is 10.0 Å². The van der Waals surface area contributed by atoms with Crippen LogP contribution in [-0.2, 0) is 21.4 Å². The first-order valence-electron chi connectivity index (χ1n) is 6.91. The van der Waals surface area contributed by atoms with E-state index in [0.717, 1.165) is 5.56 Å². The first kappa shape index (κ1) is 16.9. The van der Waals surface area contributed by atoms with Crippen molar-refractivity contribution in [2.75, 3.05) is 7.05 Å².